The fourth-order valence-corrected chi connectivity index (χ4v) is 2.57. The van der Waals surface area contributed by atoms with Crippen LogP contribution in [0.1, 0.15) is 34.8 Å². The van der Waals surface area contributed by atoms with Gasteiger partial charge in [-0.15, -0.1) is 0 Å². The number of nitrogens with zero attached hydrogens (tertiary/aromatic N) is 1. The van der Waals surface area contributed by atoms with E-state index < -0.39 is 5.97 Å². The molecule has 1 fully saturated rings. The second-order valence-electron chi connectivity index (χ2n) is 5.07. The molecule has 1 aromatic heterocycles. The zero-order valence-corrected chi connectivity index (χ0v) is 10.9. The average molecular weight is 259 g/mol. The van der Waals surface area contributed by atoms with Crippen molar-refractivity contribution in [1.29, 1.82) is 0 Å². The van der Waals surface area contributed by atoms with Gasteiger partial charge in [-0.3, -0.25) is 0 Å². The van der Waals surface area contributed by atoms with Crippen LogP contribution in [0.2, 0.25) is 0 Å². The minimum Gasteiger partial charge on any atom is -0.478 e. The van der Waals surface area contributed by atoms with Crippen LogP contribution in [0, 0.1) is 0 Å². The maximum Gasteiger partial charge on any atom is 0.335 e. The van der Waals surface area contributed by atoms with Gasteiger partial charge < -0.3 is 14.4 Å². The molecule has 4 nitrogen and oxygen atoms in total. The number of fused-ring (bicyclic) bond motifs is 1. The van der Waals surface area contributed by atoms with Gasteiger partial charge >= 0.3 is 5.97 Å². The largest absolute Gasteiger partial charge is 0.478 e. The Morgan fingerprint density at radius 1 is 1.42 bits per heavy atom. The van der Waals surface area contributed by atoms with Gasteiger partial charge in [0.1, 0.15) is 0 Å². The topological polar surface area (TPSA) is 51.5 Å². The fourth-order valence-electron chi connectivity index (χ4n) is 2.57. The quantitative estimate of drug-likeness (QED) is 0.898. The summed E-state index contributed by atoms with van der Waals surface area (Å²) < 4.78 is 7.43. The van der Waals surface area contributed by atoms with Crippen molar-refractivity contribution in [3.05, 3.63) is 35.5 Å². The molecule has 4 heteroatoms. The highest BCUT2D eigenvalue weighted by Crippen LogP contribution is 2.42. The Labute approximate surface area is 111 Å². The number of methoxy groups -OCH3 is 1. The number of ether oxygens (including phenoxy) is 1. The number of hydrogen-bond acceptors (Lipinski definition) is 2. The molecule has 100 valence electrons. The SMILES string of the molecule is COCCn1c(C2CC2)cc2cc(C(=O)O)ccc21. The second-order valence-corrected chi connectivity index (χ2v) is 5.07. The summed E-state index contributed by atoms with van der Waals surface area (Å²) in [5.74, 6) is -0.239. The van der Waals surface area contributed by atoms with Crippen molar-refractivity contribution in [2.24, 2.45) is 0 Å². The third-order valence-electron chi connectivity index (χ3n) is 3.69. The lowest BCUT2D eigenvalue weighted by Gasteiger charge is -2.09. The van der Waals surface area contributed by atoms with Crippen LogP contribution in [-0.4, -0.2) is 29.4 Å². The highest BCUT2D eigenvalue weighted by atomic mass is 16.5. The molecule has 1 heterocycles. The molecule has 1 saturated carbocycles. The van der Waals surface area contributed by atoms with Gasteiger partial charge in [-0.2, -0.15) is 0 Å². The zero-order chi connectivity index (χ0) is 13.4. The maximum atomic E-state index is 11.0. The van der Waals surface area contributed by atoms with E-state index in [4.69, 9.17) is 9.84 Å². The number of carbonyl (C=O) groups is 1. The van der Waals surface area contributed by atoms with Gasteiger partial charge in [0.25, 0.3) is 0 Å². The van der Waals surface area contributed by atoms with Crippen molar-refractivity contribution in [2.75, 3.05) is 13.7 Å². The van der Waals surface area contributed by atoms with Gasteiger partial charge in [0.15, 0.2) is 0 Å². The second kappa shape index (κ2) is 4.70. The van der Waals surface area contributed by atoms with Crippen LogP contribution in [0.25, 0.3) is 10.9 Å². The highest BCUT2D eigenvalue weighted by Gasteiger charge is 2.27. The van der Waals surface area contributed by atoms with Gasteiger partial charge in [0, 0.05) is 30.3 Å². The molecule has 0 atom stereocenters. The van der Waals surface area contributed by atoms with Crippen molar-refractivity contribution in [1.82, 2.24) is 4.57 Å². The van der Waals surface area contributed by atoms with E-state index in [1.54, 1.807) is 19.2 Å². The molecular weight excluding hydrogens is 242 g/mol. The molecule has 0 aliphatic heterocycles. The molecule has 0 spiro atoms. The van der Waals surface area contributed by atoms with E-state index in [0.29, 0.717) is 18.1 Å². The molecule has 0 unspecified atom stereocenters. The van der Waals surface area contributed by atoms with Crippen LogP contribution in [0.4, 0.5) is 0 Å². The summed E-state index contributed by atoms with van der Waals surface area (Å²) in [6.07, 6.45) is 2.46. The van der Waals surface area contributed by atoms with Crippen LogP contribution in [0.5, 0.6) is 0 Å². The summed E-state index contributed by atoms with van der Waals surface area (Å²) >= 11 is 0. The van der Waals surface area contributed by atoms with Crippen LogP contribution in [0.3, 0.4) is 0 Å². The molecule has 1 aromatic carbocycles. The molecule has 1 aliphatic rings. The van der Waals surface area contributed by atoms with Gasteiger partial charge in [0.05, 0.1) is 12.2 Å². The lowest BCUT2D eigenvalue weighted by Crippen LogP contribution is -2.07. The van der Waals surface area contributed by atoms with Crippen molar-refractivity contribution in [3.8, 4) is 0 Å². The van der Waals surface area contributed by atoms with E-state index in [2.05, 4.69) is 10.6 Å². The monoisotopic (exact) mass is 259 g/mol. The van der Waals surface area contributed by atoms with Gasteiger partial charge in [0.2, 0.25) is 0 Å². The van der Waals surface area contributed by atoms with Crippen molar-refractivity contribution in [2.45, 2.75) is 25.3 Å². The van der Waals surface area contributed by atoms with E-state index in [1.165, 1.54) is 18.5 Å². The molecule has 1 aliphatic carbocycles. The average Bonchev–Trinajstić information content (AvgIpc) is 3.18. The fraction of sp³-hybridized carbons (Fsp3) is 0.400. The summed E-state index contributed by atoms with van der Waals surface area (Å²) in [7, 11) is 1.70. The predicted molar refractivity (Wildman–Crippen MR) is 72.7 cm³/mol. The lowest BCUT2D eigenvalue weighted by molar-refractivity contribution is 0.0697. The van der Waals surface area contributed by atoms with Gasteiger partial charge in [-0.25, -0.2) is 4.79 Å². The lowest BCUT2D eigenvalue weighted by atomic mass is 10.1. The van der Waals surface area contributed by atoms with Crippen LogP contribution < -0.4 is 0 Å². The van der Waals surface area contributed by atoms with Gasteiger partial charge in [-0.05, 0) is 43.0 Å². The van der Waals surface area contributed by atoms with E-state index in [1.807, 2.05) is 6.07 Å². The highest BCUT2D eigenvalue weighted by molar-refractivity contribution is 5.94. The summed E-state index contributed by atoms with van der Waals surface area (Å²) in [4.78, 5) is 11.0. The van der Waals surface area contributed by atoms with Crippen LogP contribution >= 0.6 is 0 Å². The van der Waals surface area contributed by atoms with E-state index in [9.17, 15) is 4.79 Å². The summed E-state index contributed by atoms with van der Waals surface area (Å²) in [5.41, 5.74) is 2.76. The summed E-state index contributed by atoms with van der Waals surface area (Å²) in [5, 5.41) is 10.1. The number of hydrogen-bond donors (Lipinski definition) is 1. The Bertz CT molecular complexity index is 626. The zero-order valence-electron chi connectivity index (χ0n) is 10.9. The normalized spacial score (nSPS) is 15.0. The predicted octanol–water partition coefficient (Wildman–Crippen LogP) is 2.86. The maximum absolute atomic E-state index is 11.0. The first-order valence-corrected chi connectivity index (χ1v) is 6.56. The Morgan fingerprint density at radius 3 is 2.84 bits per heavy atom. The Balaban J connectivity index is 2.09. The summed E-state index contributed by atoms with van der Waals surface area (Å²) in [6, 6.07) is 7.47. The van der Waals surface area contributed by atoms with E-state index in [0.717, 1.165) is 17.4 Å². The number of carboxylic acids is 1. The Hall–Kier alpha value is -1.81. The van der Waals surface area contributed by atoms with Crippen LogP contribution in [-0.2, 0) is 11.3 Å². The third-order valence-corrected chi connectivity index (χ3v) is 3.69. The number of rotatable bonds is 5. The van der Waals surface area contributed by atoms with Gasteiger partial charge in [-0.1, -0.05) is 0 Å². The minimum atomic E-state index is -0.875. The number of benzene rings is 1. The molecular formula is C15H17NO3. The summed E-state index contributed by atoms with van der Waals surface area (Å²) in [6.45, 7) is 1.49. The number of aromatic carboxylic acids is 1. The smallest absolute Gasteiger partial charge is 0.335 e. The van der Waals surface area contributed by atoms with Crippen molar-refractivity contribution < 1.29 is 14.6 Å². The first-order chi connectivity index (χ1) is 9.20. The van der Waals surface area contributed by atoms with E-state index in [-0.39, 0.29) is 0 Å². The standard InChI is InChI=1S/C15H17NO3/c1-19-7-6-16-13-5-4-11(15(17)18)8-12(13)9-14(16)10-2-3-10/h4-5,8-10H,2-3,6-7H2,1H3,(H,17,18). The molecule has 0 saturated heterocycles. The first kappa shape index (κ1) is 12.2. The van der Waals surface area contributed by atoms with E-state index >= 15 is 0 Å². The third kappa shape index (κ3) is 2.24. The molecule has 0 radical (unpaired) electrons. The molecule has 2 aromatic rings. The minimum absolute atomic E-state index is 0.346. The molecule has 0 bridgehead atoms. The number of carboxylic acid groups (broad SMARTS) is 1. The molecule has 19 heavy (non-hydrogen) atoms. The van der Waals surface area contributed by atoms with Crippen LogP contribution in [0.15, 0.2) is 24.3 Å². The molecule has 0 amide bonds. The van der Waals surface area contributed by atoms with Crippen molar-refractivity contribution in [3.63, 3.8) is 0 Å². The molecule has 3 rings (SSSR count). The van der Waals surface area contributed by atoms with Crippen molar-refractivity contribution >= 4 is 16.9 Å². The molecule has 1 N–H and O–H groups in total. The first-order valence-electron chi connectivity index (χ1n) is 6.56. The number of aromatic nitrogens is 1. The Morgan fingerprint density at radius 2 is 2.21 bits per heavy atom. The Kier molecular flexibility index (Phi) is 3.03.